The number of nitrogens with two attached hydrogens (primary N) is 1. The fourth-order valence-electron chi connectivity index (χ4n) is 2.53. The van der Waals surface area contributed by atoms with Gasteiger partial charge in [0.25, 0.3) is 0 Å². The molecule has 1 aromatic rings. The molecule has 1 fully saturated rings. The molecule has 5 nitrogen and oxygen atoms in total. The molecule has 3 rings (SSSR count). The van der Waals surface area contributed by atoms with Crippen LogP contribution in [0, 0.1) is 5.92 Å². The molecule has 1 aliphatic carbocycles. The Bertz CT molecular complexity index is 552. The molecule has 2 aliphatic rings. The molecule has 2 amide bonds. The summed E-state index contributed by atoms with van der Waals surface area (Å²) in [4.78, 5) is 25.5. The van der Waals surface area contributed by atoms with Crippen molar-refractivity contribution in [2.75, 3.05) is 23.7 Å². The second kappa shape index (κ2) is 5.15. The van der Waals surface area contributed by atoms with E-state index in [4.69, 9.17) is 5.73 Å². The summed E-state index contributed by atoms with van der Waals surface area (Å²) in [6.45, 7) is 0.831. The lowest BCUT2D eigenvalue weighted by Crippen LogP contribution is -2.43. The molecule has 1 heterocycles. The zero-order valence-corrected chi connectivity index (χ0v) is 11.4. The summed E-state index contributed by atoms with van der Waals surface area (Å²) in [7, 11) is 0. The smallest absolute Gasteiger partial charge is 0.240 e. The van der Waals surface area contributed by atoms with Crippen LogP contribution in [0.25, 0.3) is 0 Å². The van der Waals surface area contributed by atoms with E-state index in [0.717, 1.165) is 17.8 Å². The van der Waals surface area contributed by atoms with E-state index in [1.54, 1.807) is 11.0 Å². The summed E-state index contributed by atoms with van der Waals surface area (Å²) in [5.74, 6) is 0.557. The van der Waals surface area contributed by atoms with Crippen LogP contribution in [0.15, 0.2) is 18.2 Å². The summed E-state index contributed by atoms with van der Waals surface area (Å²) in [6.07, 6.45) is 3.53. The summed E-state index contributed by atoms with van der Waals surface area (Å²) >= 11 is 0. The van der Waals surface area contributed by atoms with Crippen molar-refractivity contribution in [2.24, 2.45) is 5.92 Å². The molecule has 106 valence electrons. The van der Waals surface area contributed by atoms with Gasteiger partial charge in [-0.2, -0.15) is 0 Å². The average molecular weight is 273 g/mol. The lowest BCUT2D eigenvalue weighted by Gasteiger charge is -2.29. The Kier molecular flexibility index (Phi) is 3.34. The number of nitrogen functional groups attached to an aromatic ring is 1. The van der Waals surface area contributed by atoms with E-state index >= 15 is 0 Å². The molecule has 1 aliphatic heterocycles. The van der Waals surface area contributed by atoms with Crippen molar-refractivity contribution in [3.8, 4) is 0 Å². The zero-order valence-electron chi connectivity index (χ0n) is 11.4. The number of benzene rings is 1. The molecule has 0 bridgehead atoms. The maximum absolute atomic E-state index is 12.0. The van der Waals surface area contributed by atoms with E-state index in [1.165, 1.54) is 12.8 Å². The predicted octanol–water partition coefficient (Wildman–Crippen LogP) is 1.07. The van der Waals surface area contributed by atoms with Gasteiger partial charge in [-0.3, -0.25) is 9.59 Å². The van der Waals surface area contributed by atoms with Crippen LogP contribution in [-0.4, -0.2) is 24.9 Å². The van der Waals surface area contributed by atoms with Crippen LogP contribution in [-0.2, 0) is 16.0 Å². The van der Waals surface area contributed by atoms with E-state index in [-0.39, 0.29) is 18.4 Å². The van der Waals surface area contributed by atoms with Gasteiger partial charge in [0.2, 0.25) is 11.8 Å². The summed E-state index contributed by atoms with van der Waals surface area (Å²) in [5.41, 5.74) is 8.32. The van der Waals surface area contributed by atoms with Gasteiger partial charge in [-0.15, -0.1) is 0 Å². The average Bonchev–Trinajstić information content (AvgIpc) is 3.24. The number of anilines is 2. The van der Waals surface area contributed by atoms with E-state index < -0.39 is 0 Å². The number of nitrogens with zero attached hydrogens (tertiary/aromatic N) is 1. The van der Waals surface area contributed by atoms with Crippen LogP contribution < -0.4 is 16.0 Å². The molecular formula is C15H19N3O2. The highest BCUT2D eigenvalue weighted by Gasteiger charge is 2.27. The first-order chi connectivity index (χ1) is 9.63. The first kappa shape index (κ1) is 13.0. The SMILES string of the molecule is Nc1ccc2c(c1)CCC(=O)N2CC(=O)NCC1CC1. The quantitative estimate of drug-likeness (QED) is 0.806. The number of fused-ring (bicyclic) bond motifs is 1. The van der Waals surface area contributed by atoms with Crippen LogP contribution in [0.2, 0.25) is 0 Å². The van der Waals surface area contributed by atoms with Gasteiger partial charge in [-0.05, 0) is 48.9 Å². The summed E-state index contributed by atoms with van der Waals surface area (Å²) in [5, 5.41) is 2.90. The van der Waals surface area contributed by atoms with Crippen LogP contribution in [0.4, 0.5) is 11.4 Å². The molecule has 0 spiro atoms. The molecule has 0 radical (unpaired) electrons. The summed E-state index contributed by atoms with van der Waals surface area (Å²) < 4.78 is 0. The fourth-order valence-corrected chi connectivity index (χ4v) is 2.53. The zero-order chi connectivity index (χ0) is 14.1. The van der Waals surface area contributed by atoms with Crippen LogP contribution in [0.3, 0.4) is 0 Å². The van der Waals surface area contributed by atoms with Crippen LogP contribution in [0.5, 0.6) is 0 Å². The van der Waals surface area contributed by atoms with Gasteiger partial charge in [0.1, 0.15) is 6.54 Å². The number of hydrogen-bond donors (Lipinski definition) is 2. The van der Waals surface area contributed by atoms with E-state index in [1.807, 2.05) is 12.1 Å². The normalized spacial score (nSPS) is 17.8. The third-order valence-electron chi connectivity index (χ3n) is 3.89. The number of carbonyl (C=O) groups excluding carboxylic acids is 2. The number of aryl methyl sites for hydroxylation is 1. The van der Waals surface area contributed by atoms with Crippen molar-refractivity contribution in [1.29, 1.82) is 0 Å². The molecule has 0 unspecified atom stereocenters. The van der Waals surface area contributed by atoms with Gasteiger partial charge in [-0.1, -0.05) is 0 Å². The van der Waals surface area contributed by atoms with Gasteiger partial charge in [0.15, 0.2) is 0 Å². The Labute approximate surface area is 118 Å². The number of rotatable bonds is 4. The van der Waals surface area contributed by atoms with Crippen molar-refractivity contribution < 1.29 is 9.59 Å². The Hall–Kier alpha value is -2.04. The number of hydrogen-bond acceptors (Lipinski definition) is 3. The Morgan fingerprint density at radius 2 is 2.15 bits per heavy atom. The lowest BCUT2D eigenvalue weighted by atomic mass is 10.0. The Morgan fingerprint density at radius 3 is 2.90 bits per heavy atom. The minimum atomic E-state index is -0.0880. The Balaban J connectivity index is 1.71. The molecule has 20 heavy (non-hydrogen) atoms. The molecule has 0 saturated heterocycles. The van der Waals surface area contributed by atoms with E-state index in [0.29, 0.717) is 24.4 Å². The number of amides is 2. The number of carbonyl (C=O) groups is 2. The van der Waals surface area contributed by atoms with Crippen LogP contribution >= 0.6 is 0 Å². The molecule has 3 N–H and O–H groups in total. The van der Waals surface area contributed by atoms with Gasteiger partial charge >= 0.3 is 0 Å². The van der Waals surface area contributed by atoms with Gasteiger partial charge in [0.05, 0.1) is 0 Å². The molecule has 1 aromatic carbocycles. The molecule has 5 heteroatoms. The highest BCUT2D eigenvalue weighted by atomic mass is 16.2. The van der Waals surface area contributed by atoms with Crippen molar-refractivity contribution in [3.05, 3.63) is 23.8 Å². The lowest BCUT2D eigenvalue weighted by molar-refractivity contribution is -0.124. The van der Waals surface area contributed by atoms with E-state index in [2.05, 4.69) is 5.32 Å². The highest BCUT2D eigenvalue weighted by Crippen LogP contribution is 2.29. The first-order valence-corrected chi connectivity index (χ1v) is 7.09. The standard InChI is InChI=1S/C15H19N3O2/c16-12-4-5-13-11(7-12)3-6-15(20)18(13)9-14(19)17-8-10-1-2-10/h4-5,7,10H,1-3,6,8-9,16H2,(H,17,19). The monoisotopic (exact) mass is 273 g/mol. The number of nitrogens with one attached hydrogen (secondary N) is 1. The maximum Gasteiger partial charge on any atom is 0.240 e. The second-order valence-electron chi connectivity index (χ2n) is 5.62. The highest BCUT2D eigenvalue weighted by molar-refractivity contribution is 6.01. The molecular weight excluding hydrogens is 254 g/mol. The minimum absolute atomic E-state index is 0.00356. The second-order valence-corrected chi connectivity index (χ2v) is 5.62. The van der Waals surface area contributed by atoms with Gasteiger partial charge in [-0.25, -0.2) is 0 Å². The largest absolute Gasteiger partial charge is 0.399 e. The predicted molar refractivity (Wildman–Crippen MR) is 77.3 cm³/mol. The first-order valence-electron chi connectivity index (χ1n) is 7.09. The maximum atomic E-state index is 12.0. The minimum Gasteiger partial charge on any atom is -0.399 e. The third kappa shape index (κ3) is 2.76. The topological polar surface area (TPSA) is 75.4 Å². The van der Waals surface area contributed by atoms with Gasteiger partial charge in [0, 0.05) is 24.3 Å². The fraction of sp³-hybridized carbons (Fsp3) is 0.467. The summed E-state index contributed by atoms with van der Waals surface area (Å²) in [6, 6.07) is 5.49. The molecule has 0 aromatic heterocycles. The van der Waals surface area contributed by atoms with Gasteiger partial charge < -0.3 is 16.0 Å². The van der Waals surface area contributed by atoms with Crippen molar-refractivity contribution >= 4 is 23.2 Å². The van der Waals surface area contributed by atoms with E-state index in [9.17, 15) is 9.59 Å². The van der Waals surface area contributed by atoms with Crippen molar-refractivity contribution in [3.63, 3.8) is 0 Å². The molecule has 1 saturated carbocycles. The Morgan fingerprint density at radius 1 is 1.35 bits per heavy atom. The van der Waals surface area contributed by atoms with Crippen molar-refractivity contribution in [1.82, 2.24) is 5.32 Å². The van der Waals surface area contributed by atoms with Crippen LogP contribution in [0.1, 0.15) is 24.8 Å². The van der Waals surface area contributed by atoms with Crippen molar-refractivity contribution in [2.45, 2.75) is 25.7 Å². The third-order valence-corrected chi connectivity index (χ3v) is 3.89. The molecule has 0 atom stereocenters.